The zero-order valence-electron chi connectivity index (χ0n) is 43.8. The molecule has 446 valence electrons. The Balaban J connectivity index is 1.34. The van der Waals surface area contributed by atoms with Crippen LogP contribution in [0.1, 0.15) is 95.8 Å². The third-order valence-electron chi connectivity index (χ3n) is 13.6. The van der Waals surface area contributed by atoms with Crippen LogP contribution in [0.15, 0.2) is 24.3 Å². The number of unbranched alkanes of at least 4 members (excludes halogenated alkanes) is 8. The number of benzene rings is 1. The molecule has 1 aromatic carbocycles. The molecule has 9 unspecified atom stereocenters. The molecule has 0 aromatic heterocycles. The number of aliphatic hydroxyl groups excluding tert-OH is 9. The van der Waals surface area contributed by atoms with Crippen molar-refractivity contribution in [1.29, 1.82) is 0 Å². The van der Waals surface area contributed by atoms with Crippen molar-refractivity contribution in [2.75, 3.05) is 33.0 Å². The van der Waals surface area contributed by atoms with E-state index in [2.05, 4.69) is 32.4 Å². The lowest BCUT2D eigenvalue weighted by Gasteiger charge is -2.51. The van der Waals surface area contributed by atoms with Crippen LogP contribution in [-0.2, 0) is 62.1 Å². The monoisotopic (exact) mass is 1140 g/mol. The highest BCUT2D eigenvalue weighted by Gasteiger charge is 2.56. The topological polar surface area (TPSA) is 436 Å². The molecule has 4 amide bonds. The number of carbonyl (C=O) groups excluding carboxylic acids is 4. The largest absolute Gasteiger partial charge is 0.494 e. The van der Waals surface area contributed by atoms with Crippen molar-refractivity contribution in [1.82, 2.24) is 21.3 Å². The summed E-state index contributed by atoms with van der Waals surface area (Å²) in [5.74, 6) is -2.81. The van der Waals surface area contributed by atoms with Crippen LogP contribution in [0.2, 0.25) is 0 Å². The van der Waals surface area contributed by atoms with Crippen molar-refractivity contribution in [2.24, 2.45) is 0 Å². The maximum atomic E-state index is 13.8. The summed E-state index contributed by atoms with van der Waals surface area (Å²) >= 11 is 0. The molecule has 0 spiro atoms. The Hall–Kier alpha value is -3.87. The second kappa shape index (κ2) is 30.8. The van der Waals surface area contributed by atoms with Crippen molar-refractivity contribution < 1.29 is 120 Å². The number of rotatable bonds is 28. The Kier molecular flexibility index (Phi) is 25.7. The van der Waals surface area contributed by atoms with Crippen LogP contribution in [-0.4, -0.2) is 238 Å². The van der Waals surface area contributed by atoms with Gasteiger partial charge in [-0.1, -0.05) is 64.4 Å². The van der Waals surface area contributed by atoms with Crippen LogP contribution in [0, 0.1) is 0 Å². The molecule has 29 nitrogen and oxygen atoms in total. The van der Waals surface area contributed by atoms with Gasteiger partial charge in [0.15, 0.2) is 25.2 Å². The van der Waals surface area contributed by atoms with E-state index in [-0.39, 0.29) is 5.56 Å². The molecule has 14 N–H and O–H groups in total. The number of nitrogens with one attached hydrogen (secondary N) is 4. The summed E-state index contributed by atoms with van der Waals surface area (Å²) in [6, 6.07) is -0.593. The normalized spacial score (nSPS) is 35.3. The first-order valence-electron chi connectivity index (χ1n) is 26.0. The van der Waals surface area contributed by atoms with Gasteiger partial charge in [-0.05, 0) is 24.6 Å². The summed E-state index contributed by atoms with van der Waals surface area (Å²) < 4.78 is 84.0. The summed E-state index contributed by atoms with van der Waals surface area (Å²) in [6.45, 7) is 1.68. The highest BCUT2D eigenvalue weighted by molar-refractivity contribution is 7.80. The Morgan fingerprint density at radius 1 is 0.551 bits per heavy atom. The number of hydrogen-bond donors (Lipinski definition) is 14. The van der Waals surface area contributed by atoms with Gasteiger partial charge in [-0.15, -0.1) is 0 Å². The van der Waals surface area contributed by atoms with Crippen molar-refractivity contribution in [3.05, 3.63) is 29.8 Å². The molecule has 4 heterocycles. The fourth-order valence-electron chi connectivity index (χ4n) is 9.64. The Labute approximate surface area is 451 Å². The highest BCUT2D eigenvalue weighted by atomic mass is 32.3. The predicted molar refractivity (Wildman–Crippen MR) is 264 cm³/mol. The fraction of sp³-hybridized carbons (Fsp3) is 0.792. The summed E-state index contributed by atoms with van der Waals surface area (Å²) in [5.41, 5.74) is 0.0727. The van der Waals surface area contributed by atoms with Crippen molar-refractivity contribution in [2.45, 2.75) is 208 Å². The Bertz CT molecular complexity index is 2170. The van der Waals surface area contributed by atoms with Gasteiger partial charge in [-0.25, -0.2) is 4.18 Å². The van der Waals surface area contributed by atoms with E-state index in [4.69, 9.17) is 37.9 Å². The lowest BCUT2D eigenvalue weighted by atomic mass is 9.93. The smallest absolute Gasteiger partial charge is 0.397 e. The molecule has 4 aliphatic rings. The molecule has 20 atom stereocenters. The minimum atomic E-state index is -5.16. The second-order valence-electron chi connectivity index (χ2n) is 19.6. The van der Waals surface area contributed by atoms with Crippen LogP contribution in [0.3, 0.4) is 0 Å². The standard InChI is InChI=1S/C48H78N4O25S/c1-5-6-7-8-9-10-11-12-13-17-69-27-16-14-15-26(18-27)44(64)52-33-37(60)36(59)28(19-53)72-46(33)75-41-29(20-54)73-47(34(39(41)62)50-24(3)57)76-42-30(21-55)74-48(35(40(42)63)51-25(4)58)77-43-31(22-70-78(66,67)68)71-45(65)32(38(43)61)49-23(2)56/h14-16,18,28-43,45-48,53-55,59-63,65H,5-13,17,19-22H2,1-4H3,(H,49,56)(H,50,57)(H,51,58)(H,52,64)(H,66,67,68)/t28?,29-,30?,31-,32?,33?,34?,35?,36+,37-,38?,39?,40-,41-,42+,43-,45?,46+,47-,48+/m1/s1. The van der Waals surface area contributed by atoms with E-state index in [0.29, 0.717) is 12.4 Å². The molecule has 30 heteroatoms. The minimum Gasteiger partial charge on any atom is -0.494 e. The van der Waals surface area contributed by atoms with Gasteiger partial charge >= 0.3 is 10.4 Å². The zero-order valence-corrected chi connectivity index (χ0v) is 44.6. The van der Waals surface area contributed by atoms with E-state index >= 15 is 0 Å². The number of hydrogen-bond acceptors (Lipinski definition) is 24. The minimum absolute atomic E-state index is 0.0727. The number of carbonyl (C=O) groups is 4. The Morgan fingerprint density at radius 2 is 0.987 bits per heavy atom. The fourth-order valence-corrected chi connectivity index (χ4v) is 9.95. The number of aliphatic hydroxyl groups is 9. The average molecular weight is 1140 g/mol. The number of amides is 4. The van der Waals surface area contributed by atoms with Gasteiger partial charge in [0.2, 0.25) is 17.7 Å². The van der Waals surface area contributed by atoms with Crippen LogP contribution in [0.25, 0.3) is 0 Å². The van der Waals surface area contributed by atoms with Gasteiger partial charge in [0.1, 0.15) is 103 Å². The predicted octanol–water partition coefficient (Wildman–Crippen LogP) is -4.14. The number of ether oxygens (including phenoxy) is 8. The first-order valence-corrected chi connectivity index (χ1v) is 27.3. The van der Waals surface area contributed by atoms with Gasteiger partial charge in [-0.2, -0.15) is 8.42 Å². The summed E-state index contributed by atoms with van der Waals surface area (Å²) in [7, 11) is -5.16. The van der Waals surface area contributed by atoms with Crippen molar-refractivity contribution in [3.63, 3.8) is 0 Å². The summed E-state index contributed by atoms with van der Waals surface area (Å²) in [6.07, 6.45) is -19.4. The molecule has 0 radical (unpaired) electrons. The van der Waals surface area contributed by atoms with Gasteiger partial charge in [-0.3, -0.25) is 23.7 Å². The Morgan fingerprint density at radius 3 is 1.46 bits per heavy atom. The summed E-state index contributed by atoms with van der Waals surface area (Å²) in [4.78, 5) is 51.1. The zero-order chi connectivity index (χ0) is 57.4. The molecule has 4 aliphatic heterocycles. The van der Waals surface area contributed by atoms with Crippen molar-refractivity contribution >= 4 is 34.0 Å². The molecule has 78 heavy (non-hydrogen) atoms. The van der Waals surface area contributed by atoms with E-state index in [1.165, 1.54) is 44.2 Å². The van der Waals surface area contributed by atoms with Crippen molar-refractivity contribution in [3.8, 4) is 5.75 Å². The second-order valence-corrected chi connectivity index (χ2v) is 20.7. The van der Waals surface area contributed by atoms with Crippen LogP contribution in [0.4, 0.5) is 0 Å². The van der Waals surface area contributed by atoms with E-state index in [1.54, 1.807) is 12.1 Å². The maximum Gasteiger partial charge on any atom is 0.397 e. The molecule has 5 rings (SSSR count). The first kappa shape index (κ1) is 64.9. The van der Waals surface area contributed by atoms with E-state index < -0.39 is 183 Å². The van der Waals surface area contributed by atoms with Crippen LogP contribution < -0.4 is 26.0 Å². The van der Waals surface area contributed by atoms with Gasteiger partial charge in [0.05, 0.1) is 33.0 Å². The molecule has 4 fully saturated rings. The molecule has 0 saturated carbocycles. The van der Waals surface area contributed by atoms with Gasteiger partial charge in [0.25, 0.3) is 5.91 Å². The van der Waals surface area contributed by atoms with Crippen LogP contribution in [0.5, 0.6) is 5.75 Å². The molecular formula is C48H78N4O25S. The van der Waals surface area contributed by atoms with Crippen LogP contribution >= 0.6 is 0 Å². The van der Waals surface area contributed by atoms with E-state index in [9.17, 15) is 78.1 Å². The highest BCUT2D eigenvalue weighted by Crippen LogP contribution is 2.35. The first-order chi connectivity index (χ1) is 37.0. The SMILES string of the molecule is CCCCCCCCCCCOc1cccc(C(=O)NC2[C@H](O[C@H]3C(O)C(NC(C)=O)[C@@H](O[C@H]4C(CO)O[C@@H](O[C@H]5C(O)C(NC(C)=O)C(O)O[C@@H]5COS(=O)(=O)O)C(NC(C)=O)[C@H]4O)O[C@@H]3CO)OC(CO)[C@H](O)[C@@H]2O)c1. The maximum absolute atomic E-state index is 13.8. The lowest BCUT2D eigenvalue weighted by Crippen LogP contribution is -2.71. The van der Waals surface area contributed by atoms with E-state index in [1.807, 2.05) is 0 Å². The molecule has 0 aliphatic carbocycles. The quantitative estimate of drug-likeness (QED) is 0.0280. The third kappa shape index (κ3) is 18.1. The molecular weight excluding hydrogens is 1060 g/mol. The molecule has 4 saturated heterocycles. The lowest BCUT2D eigenvalue weighted by molar-refractivity contribution is -0.361. The molecule has 1 aromatic rings. The van der Waals surface area contributed by atoms with E-state index in [0.717, 1.165) is 46.5 Å². The molecule has 0 bridgehead atoms. The van der Waals surface area contributed by atoms with Gasteiger partial charge in [0, 0.05) is 26.3 Å². The van der Waals surface area contributed by atoms with Gasteiger partial charge < -0.3 is 105 Å². The average Bonchev–Trinajstić information content (AvgIpc) is 3.47. The third-order valence-corrected chi connectivity index (χ3v) is 14.0. The summed E-state index contributed by atoms with van der Waals surface area (Å²) in [5, 5.41) is 109.